The van der Waals surface area contributed by atoms with Crippen molar-refractivity contribution < 1.29 is 9.53 Å². The van der Waals surface area contributed by atoms with Gasteiger partial charge in [0.2, 0.25) is 0 Å². The van der Waals surface area contributed by atoms with Crippen LogP contribution in [-0.2, 0) is 9.53 Å². The zero-order chi connectivity index (χ0) is 15.3. The third-order valence-corrected chi connectivity index (χ3v) is 5.62. The summed E-state index contributed by atoms with van der Waals surface area (Å²) in [5.74, 6) is 0.116. The molecule has 4 fully saturated rings. The number of hydrogen-bond acceptors (Lipinski definition) is 4. The molecule has 4 heteroatoms. The highest BCUT2D eigenvalue weighted by atomic mass is 16.5. The molecule has 21 heavy (non-hydrogen) atoms. The predicted octanol–water partition coefficient (Wildman–Crippen LogP) is 3.11. The predicted molar refractivity (Wildman–Crippen MR) is 75.5 cm³/mol. The van der Waals surface area contributed by atoms with E-state index >= 15 is 0 Å². The topological polar surface area (TPSA) is 73.9 Å². The highest BCUT2D eigenvalue weighted by Crippen LogP contribution is 2.70. The van der Waals surface area contributed by atoms with Crippen molar-refractivity contribution in [1.82, 2.24) is 0 Å². The summed E-state index contributed by atoms with van der Waals surface area (Å²) in [6.45, 7) is 1.77. The fourth-order valence-electron chi connectivity index (χ4n) is 5.60. The van der Waals surface area contributed by atoms with Crippen LogP contribution in [-0.4, -0.2) is 13.1 Å². The highest BCUT2D eigenvalue weighted by molar-refractivity contribution is 5.87. The molecular formula is C17H20N2O2. The molecule has 4 aliphatic carbocycles. The average molecular weight is 284 g/mol. The lowest BCUT2D eigenvalue weighted by Gasteiger charge is -2.62. The van der Waals surface area contributed by atoms with Gasteiger partial charge in [0.25, 0.3) is 0 Å². The number of carbonyl (C=O) groups is 1. The van der Waals surface area contributed by atoms with E-state index in [1.165, 1.54) is 7.11 Å². The van der Waals surface area contributed by atoms with Gasteiger partial charge in [-0.3, -0.25) is 0 Å². The van der Waals surface area contributed by atoms with E-state index in [9.17, 15) is 15.3 Å². The Kier molecular flexibility index (Phi) is 2.92. The minimum Gasteiger partial charge on any atom is -0.466 e. The Morgan fingerprint density at radius 1 is 1.14 bits per heavy atom. The van der Waals surface area contributed by atoms with Gasteiger partial charge < -0.3 is 4.74 Å². The Labute approximate surface area is 125 Å². The van der Waals surface area contributed by atoms with E-state index in [0.29, 0.717) is 17.9 Å². The van der Waals surface area contributed by atoms with Gasteiger partial charge >= 0.3 is 5.97 Å². The van der Waals surface area contributed by atoms with Gasteiger partial charge in [0, 0.05) is 5.57 Å². The Bertz CT molecular complexity index is 577. The number of esters is 1. The number of methoxy groups -OCH3 is 1. The van der Waals surface area contributed by atoms with Crippen molar-refractivity contribution in [2.75, 3.05) is 7.11 Å². The van der Waals surface area contributed by atoms with Crippen LogP contribution in [0.2, 0.25) is 0 Å². The summed E-state index contributed by atoms with van der Waals surface area (Å²) in [6.07, 6.45) is 7.10. The van der Waals surface area contributed by atoms with Crippen LogP contribution in [0.4, 0.5) is 0 Å². The Morgan fingerprint density at radius 2 is 1.71 bits per heavy atom. The molecule has 4 nitrogen and oxygen atoms in total. The second-order valence-electron chi connectivity index (χ2n) is 7.47. The van der Waals surface area contributed by atoms with E-state index in [-0.39, 0.29) is 22.2 Å². The van der Waals surface area contributed by atoms with Crippen LogP contribution < -0.4 is 0 Å². The van der Waals surface area contributed by atoms with Crippen molar-refractivity contribution in [3.8, 4) is 12.1 Å². The number of ether oxygens (including phenoxy) is 1. The van der Waals surface area contributed by atoms with Crippen molar-refractivity contribution >= 4 is 5.97 Å². The quantitative estimate of drug-likeness (QED) is 0.577. The normalized spacial score (nSPS) is 44.0. The van der Waals surface area contributed by atoms with Crippen molar-refractivity contribution in [1.29, 1.82) is 10.5 Å². The van der Waals surface area contributed by atoms with Gasteiger partial charge in [-0.2, -0.15) is 10.5 Å². The molecule has 4 saturated carbocycles. The minimum atomic E-state index is -0.373. The lowest BCUT2D eigenvalue weighted by Crippen LogP contribution is -2.55. The standard InChI is InChI=1S/C17H20N2O2/c1-12(14(20)21-2)3-15-4-13-5-16(7-15,10-18)9-17(6-13,8-15)11-19/h3,13H,4-9H2,1-2H3/b12-3+. The summed E-state index contributed by atoms with van der Waals surface area (Å²) < 4.78 is 4.79. The summed E-state index contributed by atoms with van der Waals surface area (Å²) >= 11 is 0. The number of hydrogen-bond donors (Lipinski definition) is 0. The maximum Gasteiger partial charge on any atom is 0.333 e. The van der Waals surface area contributed by atoms with Crippen molar-refractivity contribution in [2.45, 2.75) is 45.4 Å². The smallest absolute Gasteiger partial charge is 0.333 e. The number of allylic oxidation sites excluding steroid dienone is 1. The molecule has 2 atom stereocenters. The second-order valence-corrected chi connectivity index (χ2v) is 7.47. The third-order valence-electron chi connectivity index (χ3n) is 5.62. The molecule has 0 heterocycles. The van der Waals surface area contributed by atoms with Crippen LogP contribution in [0.15, 0.2) is 11.6 Å². The van der Waals surface area contributed by atoms with Gasteiger partial charge in [-0.15, -0.1) is 0 Å². The Morgan fingerprint density at radius 3 is 2.19 bits per heavy atom. The molecular weight excluding hydrogens is 264 g/mol. The van der Waals surface area contributed by atoms with Gasteiger partial charge in [0.15, 0.2) is 0 Å². The molecule has 4 aliphatic rings. The lowest BCUT2D eigenvalue weighted by atomic mass is 9.40. The van der Waals surface area contributed by atoms with Crippen LogP contribution in [0.5, 0.6) is 0 Å². The molecule has 0 saturated heterocycles. The average Bonchev–Trinajstić information content (AvgIpc) is 2.44. The molecule has 0 radical (unpaired) electrons. The van der Waals surface area contributed by atoms with Crippen LogP contribution >= 0.6 is 0 Å². The summed E-state index contributed by atoms with van der Waals surface area (Å²) in [4.78, 5) is 11.7. The van der Waals surface area contributed by atoms with Crippen LogP contribution in [0.3, 0.4) is 0 Å². The molecule has 0 amide bonds. The molecule has 0 aromatic rings. The minimum absolute atomic E-state index is 0.177. The first-order valence-corrected chi connectivity index (χ1v) is 7.50. The fourth-order valence-corrected chi connectivity index (χ4v) is 5.60. The maximum atomic E-state index is 11.7. The highest BCUT2D eigenvalue weighted by Gasteiger charge is 2.63. The van der Waals surface area contributed by atoms with Gasteiger partial charge in [-0.1, -0.05) is 6.08 Å². The number of rotatable bonds is 2. The number of nitriles is 2. The van der Waals surface area contributed by atoms with E-state index in [2.05, 4.69) is 12.1 Å². The molecule has 110 valence electrons. The largest absolute Gasteiger partial charge is 0.466 e. The molecule has 4 rings (SSSR count). The van der Waals surface area contributed by atoms with E-state index in [4.69, 9.17) is 4.74 Å². The van der Waals surface area contributed by atoms with E-state index in [0.717, 1.165) is 32.1 Å². The zero-order valence-corrected chi connectivity index (χ0v) is 12.6. The van der Waals surface area contributed by atoms with Crippen molar-refractivity contribution in [3.05, 3.63) is 11.6 Å². The fraction of sp³-hybridized carbons (Fsp3) is 0.706. The molecule has 0 spiro atoms. The maximum absolute atomic E-state index is 11.7. The monoisotopic (exact) mass is 284 g/mol. The van der Waals surface area contributed by atoms with Crippen LogP contribution in [0, 0.1) is 44.8 Å². The molecule has 2 unspecified atom stereocenters. The Balaban J connectivity index is 2.03. The van der Waals surface area contributed by atoms with E-state index in [1.54, 1.807) is 6.92 Å². The van der Waals surface area contributed by atoms with Crippen molar-refractivity contribution in [2.24, 2.45) is 22.2 Å². The Hall–Kier alpha value is -1.81. The molecule has 4 bridgehead atoms. The third kappa shape index (κ3) is 2.05. The van der Waals surface area contributed by atoms with Gasteiger partial charge in [-0.25, -0.2) is 4.79 Å². The van der Waals surface area contributed by atoms with Gasteiger partial charge in [0.1, 0.15) is 0 Å². The van der Waals surface area contributed by atoms with Gasteiger partial charge in [0.05, 0.1) is 30.1 Å². The zero-order valence-electron chi connectivity index (χ0n) is 12.6. The van der Waals surface area contributed by atoms with Crippen LogP contribution in [0.1, 0.15) is 45.4 Å². The first-order chi connectivity index (χ1) is 9.89. The van der Waals surface area contributed by atoms with Gasteiger partial charge in [-0.05, 0) is 56.8 Å². The summed E-state index contributed by atoms with van der Waals surface area (Å²) in [5, 5.41) is 19.3. The summed E-state index contributed by atoms with van der Waals surface area (Å²) in [7, 11) is 1.38. The molecule has 0 aliphatic heterocycles. The molecule has 0 N–H and O–H groups in total. The second kappa shape index (κ2) is 4.34. The van der Waals surface area contributed by atoms with Crippen LogP contribution in [0.25, 0.3) is 0 Å². The first-order valence-electron chi connectivity index (χ1n) is 7.50. The SMILES string of the molecule is COC(=O)/C(C)=C/C12CC3CC(C#N)(CC(C#N)(C3)C1)C2. The molecule has 0 aromatic heterocycles. The van der Waals surface area contributed by atoms with Crippen molar-refractivity contribution in [3.63, 3.8) is 0 Å². The molecule has 0 aromatic carbocycles. The number of carbonyl (C=O) groups excluding carboxylic acids is 1. The first kappa shape index (κ1) is 14.1. The summed E-state index contributed by atoms with van der Waals surface area (Å²) in [6, 6.07) is 5.03. The summed E-state index contributed by atoms with van der Waals surface area (Å²) in [5.41, 5.74) is -0.326. The lowest BCUT2D eigenvalue weighted by molar-refractivity contribution is -0.136. The number of nitrogens with zero attached hydrogens (tertiary/aromatic N) is 2. The van der Waals surface area contributed by atoms with E-state index in [1.807, 2.05) is 6.08 Å². The van der Waals surface area contributed by atoms with E-state index < -0.39 is 0 Å².